The number of carbonyl (C=O) groups is 1. The number of carbonyl (C=O) groups excluding carboxylic acids is 1. The summed E-state index contributed by atoms with van der Waals surface area (Å²) in [6.07, 6.45) is 2.97. The zero-order valence-electron chi connectivity index (χ0n) is 12.7. The van der Waals surface area contributed by atoms with Gasteiger partial charge in [-0.2, -0.15) is 0 Å². The third-order valence-electron chi connectivity index (χ3n) is 4.70. The Kier molecular flexibility index (Phi) is 3.87. The lowest BCUT2D eigenvalue weighted by molar-refractivity contribution is 0.0667. The van der Waals surface area contributed by atoms with Crippen molar-refractivity contribution in [2.24, 2.45) is 5.92 Å². The van der Waals surface area contributed by atoms with Crippen molar-refractivity contribution in [1.29, 1.82) is 0 Å². The first-order valence-corrected chi connectivity index (χ1v) is 8.74. The van der Waals surface area contributed by atoms with E-state index in [1.165, 1.54) is 12.1 Å². The summed E-state index contributed by atoms with van der Waals surface area (Å²) in [5.74, 6) is 0.0859. The molecule has 1 aromatic heterocycles. The minimum Gasteiger partial charge on any atom is -0.337 e. The molecule has 2 saturated heterocycles. The minimum atomic E-state index is -0.360. The Labute approximate surface area is 138 Å². The smallest absolute Gasteiger partial charge is 0.254 e. The van der Waals surface area contributed by atoms with Crippen molar-refractivity contribution < 1.29 is 9.18 Å². The van der Waals surface area contributed by atoms with Crippen LogP contribution in [0.15, 0.2) is 35.8 Å². The third-order valence-corrected chi connectivity index (χ3v) is 5.47. The maximum Gasteiger partial charge on any atom is 0.254 e. The van der Waals surface area contributed by atoms with E-state index in [9.17, 15) is 9.18 Å². The molecule has 1 aromatic carbocycles. The number of piperidine rings is 1. The standard InChI is InChI=1S/C17H18FN3OS/c18-14-3-1-2-13(7-14)17(22)21-9-12-6-15(10-21)20(8-12)11-16-19-4-5-23-16/h1-5,7,12,15H,6,8-11H2/t12-,15-/m0/s1. The van der Waals surface area contributed by atoms with Crippen molar-refractivity contribution in [3.63, 3.8) is 0 Å². The molecule has 2 atom stereocenters. The van der Waals surface area contributed by atoms with Crippen LogP contribution in [0.3, 0.4) is 0 Å². The quantitative estimate of drug-likeness (QED) is 0.867. The summed E-state index contributed by atoms with van der Waals surface area (Å²) in [6.45, 7) is 3.36. The molecule has 2 aliphatic heterocycles. The van der Waals surface area contributed by atoms with Crippen molar-refractivity contribution in [3.05, 3.63) is 52.2 Å². The van der Waals surface area contributed by atoms with Crippen molar-refractivity contribution in [1.82, 2.24) is 14.8 Å². The van der Waals surface area contributed by atoms with Crippen LogP contribution in [0, 0.1) is 11.7 Å². The van der Waals surface area contributed by atoms with Crippen molar-refractivity contribution >= 4 is 17.2 Å². The number of aromatic nitrogens is 1. The highest BCUT2D eigenvalue weighted by Gasteiger charge is 2.40. The summed E-state index contributed by atoms with van der Waals surface area (Å²) in [7, 11) is 0. The van der Waals surface area contributed by atoms with Gasteiger partial charge < -0.3 is 4.90 Å². The molecule has 120 valence electrons. The molecular formula is C17H18FN3OS. The van der Waals surface area contributed by atoms with Crippen LogP contribution in [-0.4, -0.2) is 46.4 Å². The zero-order valence-corrected chi connectivity index (χ0v) is 13.5. The summed E-state index contributed by atoms with van der Waals surface area (Å²) < 4.78 is 13.3. The topological polar surface area (TPSA) is 36.4 Å². The van der Waals surface area contributed by atoms with E-state index in [1.54, 1.807) is 23.5 Å². The van der Waals surface area contributed by atoms with Gasteiger partial charge in [-0.15, -0.1) is 11.3 Å². The normalized spacial score (nSPS) is 24.1. The van der Waals surface area contributed by atoms with Gasteiger partial charge in [-0.3, -0.25) is 9.69 Å². The summed E-state index contributed by atoms with van der Waals surface area (Å²) in [5, 5.41) is 3.12. The predicted octanol–water partition coefficient (Wildman–Crippen LogP) is 2.63. The van der Waals surface area contributed by atoms with Gasteiger partial charge in [0.05, 0.1) is 6.54 Å². The number of halogens is 1. The minimum absolute atomic E-state index is 0.0599. The van der Waals surface area contributed by atoms with E-state index in [-0.39, 0.29) is 11.7 Å². The fraction of sp³-hybridized carbons (Fsp3) is 0.412. The van der Waals surface area contributed by atoms with Crippen LogP contribution in [0.5, 0.6) is 0 Å². The number of benzene rings is 1. The van der Waals surface area contributed by atoms with Crippen LogP contribution in [0.25, 0.3) is 0 Å². The van der Waals surface area contributed by atoms with Crippen LogP contribution in [0.1, 0.15) is 21.8 Å². The van der Waals surface area contributed by atoms with E-state index >= 15 is 0 Å². The summed E-state index contributed by atoms with van der Waals surface area (Å²) in [5.41, 5.74) is 0.442. The summed E-state index contributed by atoms with van der Waals surface area (Å²) in [6, 6.07) is 6.36. The van der Waals surface area contributed by atoms with E-state index in [0.29, 0.717) is 17.5 Å². The first-order valence-electron chi connectivity index (χ1n) is 7.86. The highest BCUT2D eigenvalue weighted by molar-refractivity contribution is 7.09. The number of likely N-dealkylation sites (tertiary alicyclic amines) is 2. The fourth-order valence-electron chi connectivity index (χ4n) is 3.72. The molecule has 23 heavy (non-hydrogen) atoms. The molecular weight excluding hydrogens is 313 g/mol. The monoisotopic (exact) mass is 331 g/mol. The lowest BCUT2D eigenvalue weighted by Crippen LogP contribution is -2.45. The van der Waals surface area contributed by atoms with Gasteiger partial charge in [-0.05, 0) is 30.5 Å². The van der Waals surface area contributed by atoms with Crippen molar-refractivity contribution in [2.75, 3.05) is 19.6 Å². The fourth-order valence-corrected chi connectivity index (χ4v) is 4.36. The molecule has 0 N–H and O–H groups in total. The molecule has 2 bridgehead atoms. The van der Waals surface area contributed by atoms with E-state index in [1.807, 2.05) is 16.5 Å². The first kappa shape index (κ1) is 14.8. The van der Waals surface area contributed by atoms with Crippen LogP contribution >= 0.6 is 11.3 Å². The van der Waals surface area contributed by atoms with E-state index in [4.69, 9.17) is 0 Å². The number of thiazole rings is 1. The average molecular weight is 331 g/mol. The Hall–Kier alpha value is -1.79. The van der Waals surface area contributed by atoms with Crippen LogP contribution in [0.4, 0.5) is 4.39 Å². The highest BCUT2D eigenvalue weighted by Crippen LogP contribution is 2.31. The number of fused-ring (bicyclic) bond motifs is 2. The second kappa shape index (κ2) is 6.02. The Morgan fingerprint density at radius 3 is 3.04 bits per heavy atom. The van der Waals surface area contributed by atoms with Crippen LogP contribution in [-0.2, 0) is 6.54 Å². The largest absolute Gasteiger partial charge is 0.337 e. The van der Waals surface area contributed by atoms with E-state index < -0.39 is 0 Å². The molecule has 4 rings (SSSR count). The molecule has 0 spiro atoms. The SMILES string of the molecule is O=C(c1cccc(F)c1)N1C[C@H]2C[C@@H](C1)N(Cc1nccs1)C2. The molecule has 3 heterocycles. The second-order valence-electron chi connectivity index (χ2n) is 6.33. The zero-order chi connectivity index (χ0) is 15.8. The number of rotatable bonds is 3. The Bertz CT molecular complexity index is 706. The molecule has 1 amide bonds. The van der Waals surface area contributed by atoms with Gasteiger partial charge >= 0.3 is 0 Å². The second-order valence-corrected chi connectivity index (χ2v) is 7.31. The Morgan fingerprint density at radius 1 is 1.35 bits per heavy atom. The van der Waals surface area contributed by atoms with Gasteiger partial charge in [-0.25, -0.2) is 9.37 Å². The molecule has 0 saturated carbocycles. The molecule has 6 heteroatoms. The van der Waals surface area contributed by atoms with Gasteiger partial charge in [0, 0.05) is 42.8 Å². The molecule has 0 radical (unpaired) electrons. The lowest BCUT2D eigenvalue weighted by Gasteiger charge is -2.33. The molecule has 4 nitrogen and oxygen atoms in total. The lowest BCUT2D eigenvalue weighted by atomic mass is 9.99. The molecule has 2 fully saturated rings. The summed E-state index contributed by atoms with van der Waals surface area (Å²) >= 11 is 1.67. The highest BCUT2D eigenvalue weighted by atomic mass is 32.1. The average Bonchev–Trinajstić information content (AvgIpc) is 3.15. The number of hydrogen-bond acceptors (Lipinski definition) is 4. The van der Waals surface area contributed by atoms with E-state index in [2.05, 4.69) is 9.88 Å². The number of amides is 1. The third kappa shape index (κ3) is 3.01. The van der Waals surface area contributed by atoms with Crippen molar-refractivity contribution in [3.8, 4) is 0 Å². The van der Waals surface area contributed by atoms with Gasteiger partial charge in [0.1, 0.15) is 10.8 Å². The molecule has 0 unspecified atom stereocenters. The maximum atomic E-state index is 13.3. The molecule has 2 aromatic rings. The van der Waals surface area contributed by atoms with Crippen LogP contribution < -0.4 is 0 Å². The van der Waals surface area contributed by atoms with Gasteiger partial charge in [0.2, 0.25) is 0 Å². The number of nitrogens with zero attached hydrogens (tertiary/aromatic N) is 3. The first-order chi connectivity index (χ1) is 11.2. The van der Waals surface area contributed by atoms with Gasteiger partial charge in [0.15, 0.2) is 0 Å². The Morgan fingerprint density at radius 2 is 2.26 bits per heavy atom. The van der Waals surface area contributed by atoms with Crippen molar-refractivity contribution in [2.45, 2.75) is 19.0 Å². The van der Waals surface area contributed by atoms with E-state index in [0.717, 1.165) is 37.6 Å². The Balaban J connectivity index is 1.46. The molecule has 0 aliphatic carbocycles. The molecule has 2 aliphatic rings. The van der Waals surface area contributed by atoms with Gasteiger partial charge in [-0.1, -0.05) is 6.07 Å². The van der Waals surface area contributed by atoms with Crippen LogP contribution in [0.2, 0.25) is 0 Å². The predicted molar refractivity (Wildman–Crippen MR) is 86.7 cm³/mol. The summed E-state index contributed by atoms with van der Waals surface area (Å²) in [4.78, 5) is 21.3. The van der Waals surface area contributed by atoms with Gasteiger partial charge in [0.25, 0.3) is 5.91 Å². The number of hydrogen-bond donors (Lipinski definition) is 0. The maximum absolute atomic E-state index is 13.3.